The summed E-state index contributed by atoms with van der Waals surface area (Å²) in [7, 11) is 0. The van der Waals surface area contributed by atoms with Crippen LogP contribution in [-0.4, -0.2) is 10.2 Å². The largest absolute Gasteiger partial charge is 0.406 e. The van der Waals surface area contributed by atoms with E-state index in [1.54, 1.807) is 25.1 Å². The number of aromatic nitrogens is 2. The van der Waals surface area contributed by atoms with Gasteiger partial charge in [-0.15, -0.1) is 5.10 Å². The Morgan fingerprint density at radius 3 is 2.41 bits per heavy atom. The number of hydrogen-bond acceptors (Lipinski definition) is 5. The summed E-state index contributed by atoms with van der Waals surface area (Å²) >= 11 is 11.7. The number of nitrogens with two attached hydrogens (primary N) is 1. The van der Waals surface area contributed by atoms with Crippen molar-refractivity contribution in [3.63, 3.8) is 0 Å². The predicted octanol–water partition coefficient (Wildman–Crippen LogP) is 3.14. The SMILES string of the molecule is CC(N)c1nnc(Nc2cc(Cl)cc(Cl)c2)o1. The van der Waals surface area contributed by atoms with Crippen LogP contribution < -0.4 is 11.1 Å². The summed E-state index contributed by atoms with van der Waals surface area (Å²) in [5.74, 6) is 0.362. The van der Waals surface area contributed by atoms with E-state index in [4.69, 9.17) is 33.4 Å². The summed E-state index contributed by atoms with van der Waals surface area (Å²) in [5.41, 5.74) is 6.27. The maximum absolute atomic E-state index is 5.86. The van der Waals surface area contributed by atoms with Crippen molar-refractivity contribution in [3.05, 3.63) is 34.1 Å². The van der Waals surface area contributed by atoms with E-state index in [1.807, 2.05) is 0 Å². The molecular formula is C10H10Cl2N4O. The van der Waals surface area contributed by atoms with Gasteiger partial charge in [0.25, 0.3) is 0 Å². The molecule has 0 saturated heterocycles. The summed E-state index contributed by atoms with van der Waals surface area (Å²) in [4.78, 5) is 0. The van der Waals surface area contributed by atoms with Crippen LogP contribution in [0.5, 0.6) is 0 Å². The molecule has 17 heavy (non-hydrogen) atoms. The highest BCUT2D eigenvalue weighted by molar-refractivity contribution is 6.35. The van der Waals surface area contributed by atoms with Crippen LogP contribution >= 0.6 is 23.2 Å². The molecule has 2 aromatic rings. The number of halogens is 2. The van der Waals surface area contributed by atoms with Gasteiger partial charge in [0.15, 0.2) is 0 Å². The first kappa shape index (κ1) is 12.2. The molecule has 0 bridgehead atoms. The van der Waals surface area contributed by atoms with Crippen molar-refractivity contribution in [2.45, 2.75) is 13.0 Å². The van der Waals surface area contributed by atoms with Gasteiger partial charge in [-0.1, -0.05) is 28.3 Å². The van der Waals surface area contributed by atoms with Crippen molar-refractivity contribution < 1.29 is 4.42 Å². The Morgan fingerprint density at radius 2 is 1.88 bits per heavy atom. The molecule has 5 nitrogen and oxygen atoms in total. The first-order chi connectivity index (χ1) is 8.04. The Kier molecular flexibility index (Phi) is 3.51. The molecule has 0 radical (unpaired) electrons. The van der Waals surface area contributed by atoms with E-state index in [0.29, 0.717) is 21.6 Å². The Bertz CT molecular complexity index is 507. The third-order valence-corrected chi connectivity index (χ3v) is 2.38. The van der Waals surface area contributed by atoms with E-state index in [1.165, 1.54) is 0 Å². The summed E-state index contributed by atoms with van der Waals surface area (Å²) in [5, 5.41) is 11.5. The van der Waals surface area contributed by atoms with Crippen LogP contribution in [-0.2, 0) is 0 Å². The van der Waals surface area contributed by atoms with Crippen molar-refractivity contribution in [1.82, 2.24) is 10.2 Å². The zero-order chi connectivity index (χ0) is 12.4. The van der Waals surface area contributed by atoms with E-state index >= 15 is 0 Å². The van der Waals surface area contributed by atoms with Crippen molar-refractivity contribution in [2.24, 2.45) is 5.73 Å². The molecular weight excluding hydrogens is 263 g/mol. The lowest BCUT2D eigenvalue weighted by atomic mass is 10.3. The summed E-state index contributed by atoms with van der Waals surface area (Å²) < 4.78 is 5.28. The van der Waals surface area contributed by atoms with Crippen LogP contribution in [0.4, 0.5) is 11.7 Å². The van der Waals surface area contributed by atoms with Gasteiger partial charge in [-0.05, 0) is 25.1 Å². The number of benzene rings is 1. The number of rotatable bonds is 3. The highest BCUT2D eigenvalue weighted by Gasteiger charge is 2.10. The lowest BCUT2D eigenvalue weighted by Crippen LogP contribution is -2.04. The van der Waals surface area contributed by atoms with E-state index in [-0.39, 0.29) is 12.1 Å². The predicted molar refractivity (Wildman–Crippen MR) is 66.6 cm³/mol. The molecule has 0 aliphatic heterocycles. The number of nitrogens with zero attached hydrogens (tertiary/aromatic N) is 2. The molecule has 0 saturated carbocycles. The van der Waals surface area contributed by atoms with Crippen molar-refractivity contribution in [1.29, 1.82) is 0 Å². The molecule has 0 spiro atoms. The maximum Gasteiger partial charge on any atom is 0.320 e. The van der Waals surface area contributed by atoms with Gasteiger partial charge in [-0.2, -0.15) is 0 Å². The molecule has 0 amide bonds. The second kappa shape index (κ2) is 4.91. The minimum Gasteiger partial charge on any atom is -0.406 e. The Labute approximate surface area is 108 Å². The summed E-state index contributed by atoms with van der Waals surface area (Å²) in [6.07, 6.45) is 0. The second-order valence-electron chi connectivity index (χ2n) is 3.52. The van der Waals surface area contributed by atoms with Crippen LogP contribution in [0.25, 0.3) is 0 Å². The standard InChI is InChI=1S/C10H10Cl2N4O/c1-5(13)9-15-16-10(17-9)14-8-3-6(11)2-7(12)4-8/h2-5H,13H2,1H3,(H,14,16). The molecule has 0 aliphatic rings. The minimum absolute atomic E-state index is 0.246. The molecule has 0 aliphatic carbocycles. The monoisotopic (exact) mass is 272 g/mol. The van der Waals surface area contributed by atoms with Gasteiger partial charge in [0.1, 0.15) is 0 Å². The molecule has 1 aromatic carbocycles. The second-order valence-corrected chi connectivity index (χ2v) is 4.39. The van der Waals surface area contributed by atoms with Crippen LogP contribution in [0.2, 0.25) is 10.0 Å². The fourth-order valence-corrected chi connectivity index (χ4v) is 1.74. The Balaban J connectivity index is 2.19. The fraction of sp³-hybridized carbons (Fsp3) is 0.200. The average Bonchev–Trinajstić information content (AvgIpc) is 2.64. The quantitative estimate of drug-likeness (QED) is 0.898. The van der Waals surface area contributed by atoms with Crippen molar-refractivity contribution >= 4 is 34.9 Å². The van der Waals surface area contributed by atoms with Gasteiger partial charge in [0.05, 0.1) is 6.04 Å². The number of nitrogens with one attached hydrogen (secondary N) is 1. The van der Waals surface area contributed by atoms with Gasteiger partial charge in [0.2, 0.25) is 5.89 Å². The van der Waals surface area contributed by atoms with Crippen LogP contribution in [0.1, 0.15) is 18.9 Å². The fourth-order valence-electron chi connectivity index (χ4n) is 1.22. The van der Waals surface area contributed by atoms with Crippen LogP contribution in [0.15, 0.2) is 22.6 Å². The van der Waals surface area contributed by atoms with Gasteiger partial charge < -0.3 is 15.5 Å². The number of anilines is 2. The zero-order valence-electron chi connectivity index (χ0n) is 8.95. The maximum atomic E-state index is 5.86. The van der Waals surface area contributed by atoms with Crippen LogP contribution in [0.3, 0.4) is 0 Å². The average molecular weight is 273 g/mol. The lowest BCUT2D eigenvalue weighted by Gasteiger charge is -2.02. The molecule has 1 unspecified atom stereocenters. The highest BCUT2D eigenvalue weighted by Crippen LogP contribution is 2.25. The summed E-state index contributed by atoms with van der Waals surface area (Å²) in [6, 6.07) is 4.97. The Morgan fingerprint density at radius 1 is 1.24 bits per heavy atom. The topological polar surface area (TPSA) is 77.0 Å². The molecule has 90 valence electrons. The smallest absolute Gasteiger partial charge is 0.320 e. The summed E-state index contributed by atoms with van der Waals surface area (Å²) in [6.45, 7) is 1.76. The van der Waals surface area contributed by atoms with E-state index < -0.39 is 0 Å². The molecule has 7 heteroatoms. The zero-order valence-corrected chi connectivity index (χ0v) is 10.5. The highest BCUT2D eigenvalue weighted by atomic mass is 35.5. The van der Waals surface area contributed by atoms with Gasteiger partial charge in [0, 0.05) is 15.7 Å². The van der Waals surface area contributed by atoms with Gasteiger partial charge >= 0.3 is 6.01 Å². The van der Waals surface area contributed by atoms with E-state index in [2.05, 4.69) is 15.5 Å². The molecule has 2 rings (SSSR count). The minimum atomic E-state index is -0.305. The molecule has 1 atom stereocenters. The van der Waals surface area contributed by atoms with E-state index in [0.717, 1.165) is 0 Å². The Hall–Kier alpha value is -1.30. The first-order valence-electron chi connectivity index (χ1n) is 4.86. The molecule has 3 N–H and O–H groups in total. The first-order valence-corrected chi connectivity index (χ1v) is 5.62. The van der Waals surface area contributed by atoms with E-state index in [9.17, 15) is 0 Å². The molecule has 0 fully saturated rings. The third-order valence-electron chi connectivity index (χ3n) is 1.94. The van der Waals surface area contributed by atoms with Crippen molar-refractivity contribution in [3.8, 4) is 0 Å². The lowest BCUT2D eigenvalue weighted by molar-refractivity contribution is 0.475. The van der Waals surface area contributed by atoms with Gasteiger partial charge in [-0.25, -0.2) is 0 Å². The third kappa shape index (κ3) is 3.09. The molecule has 1 heterocycles. The normalized spacial score (nSPS) is 12.5. The van der Waals surface area contributed by atoms with Crippen molar-refractivity contribution in [2.75, 3.05) is 5.32 Å². The van der Waals surface area contributed by atoms with Crippen LogP contribution in [0, 0.1) is 0 Å². The van der Waals surface area contributed by atoms with Gasteiger partial charge in [-0.3, -0.25) is 0 Å². The molecule has 1 aromatic heterocycles. The number of hydrogen-bond donors (Lipinski definition) is 2.